The Morgan fingerprint density at radius 3 is 2.86 bits per heavy atom. The molecule has 0 saturated carbocycles. The highest BCUT2D eigenvalue weighted by molar-refractivity contribution is 5.93. The average Bonchev–Trinajstić information content (AvgIpc) is 2.96. The quantitative estimate of drug-likeness (QED) is 0.672. The minimum absolute atomic E-state index is 0.209. The number of β-amino-alcohol motifs (C(OH)–C–C–N with tert-alkyl or cyclic N) is 1. The lowest BCUT2D eigenvalue weighted by atomic mass is 9.99. The second kappa shape index (κ2) is 7.38. The summed E-state index contributed by atoms with van der Waals surface area (Å²) in [6.45, 7) is 5.05. The highest BCUT2D eigenvalue weighted by Crippen LogP contribution is 2.15. The second-order valence-corrected chi connectivity index (χ2v) is 5.79. The Bertz CT molecular complexity index is 478. The van der Waals surface area contributed by atoms with E-state index >= 15 is 0 Å². The Hall–Kier alpha value is -1.66. The first-order chi connectivity index (χ1) is 10.1. The average molecular weight is 293 g/mol. The number of carbonyl (C=O) groups excluding carboxylic acids is 2. The van der Waals surface area contributed by atoms with Crippen LogP contribution in [0.2, 0.25) is 0 Å². The number of rotatable bonds is 6. The first-order valence-electron chi connectivity index (χ1n) is 7.41. The Morgan fingerprint density at radius 1 is 1.52 bits per heavy atom. The zero-order chi connectivity index (χ0) is 15.2. The van der Waals surface area contributed by atoms with E-state index in [0.29, 0.717) is 24.2 Å². The molecule has 2 heterocycles. The molecule has 1 aliphatic heterocycles. The molecule has 6 nitrogen and oxygen atoms in total. The molecule has 6 heteroatoms. The maximum absolute atomic E-state index is 11.8. The molecular weight excluding hydrogens is 270 g/mol. The van der Waals surface area contributed by atoms with Crippen LogP contribution in [0.15, 0.2) is 12.1 Å². The van der Waals surface area contributed by atoms with Crippen LogP contribution in [-0.2, 0) is 0 Å². The SMILES string of the molecule is CC1CCN(CC(O)CNC(=O)c2ccc(C=O)[nH]2)CC1. The van der Waals surface area contributed by atoms with E-state index in [1.54, 1.807) is 12.1 Å². The summed E-state index contributed by atoms with van der Waals surface area (Å²) in [5.74, 6) is 0.451. The van der Waals surface area contributed by atoms with Crippen molar-refractivity contribution in [3.63, 3.8) is 0 Å². The third kappa shape index (κ3) is 4.68. The first-order valence-corrected chi connectivity index (χ1v) is 7.41. The number of H-pyrrole nitrogens is 1. The van der Waals surface area contributed by atoms with Gasteiger partial charge in [0.1, 0.15) is 5.69 Å². The fourth-order valence-electron chi connectivity index (χ4n) is 2.53. The molecule has 1 aromatic heterocycles. The fraction of sp³-hybridized carbons (Fsp3) is 0.600. The zero-order valence-electron chi connectivity index (χ0n) is 12.3. The maximum atomic E-state index is 11.8. The molecule has 3 N–H and O–H groups in total. The molecule has 2 rings (SSSR count). The number of piperidine rings is 1. The van der Waals surface area contributed by atoms with Gasteiger partial charge < -0.3 is 20.3 Å². The van der Waals surface area contributed by atoms with E-state index < -0.39 is 6.10 Å². The van der Waals surface area contributed by atoms with Crippen LogP contribution >= 0.6 is 0 Å². The molecule has 1 aliphatic rings. The molecule has 1 unspecified atom stereocenters. The third-order valence-corrected chi connectivity index (χ3v) is 3.92. The van der Waals surface area contributed by atoms with Gasteiger partial charge in [-0.2, -0.15) is 0 Å². The molecule has 0 aromatic carbocycles. The molecule has 21 heavy (non-hydrogen) atoms. The molecule has 0 bridgehead atoms. The van der Waals surface area contributed by atoms with Crippen LogP contribution in [0.1, 0.15) is 40.7 Å². The molecule has 116 valence electrons. The van der Waals surface area contributed by atoms with Crippen molar-refractivity contribution in [3.8, 4) is 0 Å². The smallest absolute Gasteiger partial charge is 0.267 e. The number of hydrogen-bond donors (Lipinski definition) is 3. The van der Waals surface area contributed by atoms with Gasteiger partial charge >= 0.3 is 0 Å². The number of aliphatic hydroxyl groups is 1. The van der Waals surface area contributed by atoms with Gasteiger partial charge in [0, 0.05) is 13.1 Å². The highest BCUT2D eigenvalue weighted by atomic mass is 16.3. The largest absolute Gasteiger partial charge is 0.390 e. The number of aromatic nitrogens is 1. The predicted octanol–water partition coefficient (Wildman–Crippen LogP) is 0.650. The van der Waals surface area contributed by atoms with Crippen LogP contribution in [0.4, 0.5) is 0 Å². The van der Waals surface area contributed by atoms with Crippen molar-refractivity contribution in [1.29, 1.82) is 0 Å². The van der Waals surface area contributed by atoms with Gasteiger partial charge in [0.2, 0.25) is 0 Å². The summed E-state index contributed by atoms with van der Waals surface area (Å²) in [4.78, 5) is 27.3. The molecule has 1 amide bonds. The predicted molar refractivity (Wildman–Crippen MR) is 79.4 cm³/mol. The van der Waals surface area contributed by atoms with Crippen molar-refractivity contribution < 1.29 is 14.7 Å². The van der Waals surface area contributed by atoms with E-state index in [2.05, 4.69) is 22.1 Å². The Balaban J connectivity index is 1.72. The van der Waals surface area contributed by atoms with Gasteiger partial charge in [-0.25, -0.2) is 0 Å². The maximum Gasteiger partial charge on any atom is 0.267 e. The molecule has 1 fully saturated rings. The van der Waals surface area contributed by atoms with E-state index in [4.69, 9.17) is 0 Å². The van der Waals surface area contributed by atoms with Gasteiger partial charge in [-0.3, -0.25) is 9.59 Å². The number of nitrogens with zero attached hydrogens (tertiary/aromatic N) is 1. The van der Waals surface area contributed by atoms with E-state index in [-0.39, 0.29) is 12.5 Å². The number of aromatic amines is 1. The van der Waals surface area contributed by atoms with Gasteiger partial charge in [-0.1, -0.05) is 6.92 Å². The van der Waals surface area contributed by atoms with Crippen LogP contribution in [0.3, 0.4) is 0 Å². The first kappa shape index (κ1) is 15.7. The Morgan fingerprint density at radius 2 is 2.24 bits per heavy atom. The van der Waals surface area contributed by atoms with Crippen LogP contribution in [0.5, 0.6) is 0 Å². The lowest BCUT2D eigenvalue weighted by Crippen LogP contribution is -2.43. The summed E-state index contributed by atoms with van der Waals surface area (Å²) in [6.07, 6.45) is 2.40. The molecular formula is C15H23N3O3. The Labute approximate surface area is 124 Å². The minimum Gasteiger partial charge on any atom is -0.390 e. The van der Waals surface area contributed by atoms with E-state index in [1.807, 2.05) is 0 Å². The number of likely N-dealkylation sites (tertiary alicyclic amines) is 1. The van der Waals surface area contributed by atoms with Crippen molar-refractivity contribution >= 4 is 12.2 Å². The molecule has 0 aliphatic carbocycles. The van der Waals surface area contributed by atoms with Crippen molar-refractivity contribution in [2.24, 2.45) is 5.92 Å². The summed E-state index contributed by atoms with van der Waals surface area (Å²) < 4.78 is 0. The number of nitrogens with one attached hydrogen (secondary N) is 2. The molecule has 0 spiro atoms. The topological polar surface area (TPSA) is 85.4 Å². The van der Waals surface area contributed by atoms with Gasteiger partial charge in [-0.05, 0) is 44.0 Å². The zero-order valence-corrected chi connectivity index (χ0v) is 12.3. The third-order valence-electron chi connectivity index (χ3n) is 3.92. The minimum atomic E-state index is -0.581. The standard InChI is InChI=1S/C15H23N3O3/c1-11-4-6-18(7-5-11)9-13(20)8-16-15(21)14-3-2-12(10-19)17-14/h2-3,10-11,13,17,20H,4-9H2,1H3,(H,16,21). The van der Waals surface area contributed by atoms with Crippen LogP contribution < -0.4 is 5.32 Å². The number of aliphatic hydroxyl groups excluding tert-OH is 1. The van der Waals surface area contributed by atoms with Gasteiger partial charge in [0.15, 0.2) is 6.29 Å². The van der Waals surface area contributed by atoms with Gasteiger partial charge in [0.25, 0.3) is 5.91 Å². The second-order valence-electron chi connectivity index (χ2n) is 5.79. The lowest BCUT2D eigenvalue weighted by Gasteiger charge is -2.31. The van der Waals surface area contributed by atoms with Crippen LogP contribution in [0.25, 0.3) is 0 Å². The summed E-state index contributed by atoms with van der Waals surface area (Å²) >= 11 is 0. The van der Waals surface area contributed by atoms with E-state index in [9.17, 15) is 14.7 Å². The van der Waals surface area contributed by atoms with Crippen molar-refractivity contribution in [2.75, 3.05) is 26.2 Å². The van der Waals surface area contributed by atoms with Crippen molar-refractivity contribution in [3.05, 3.63) is 23.5 Å². The molecule has 1 atom stereocenters. The monoisotopic (exact) mass is 293 g/mol. The van der Waals surface area contributed by atoms with E-state index in [1.165, 1.54) is 0 Å². The van der Waals surface area contributed by atoms with Crippen molar-refractivity contribution in [1.82, 2.24) is 15.2 Å². The summed E-state index contributed by atoms with van der Waals surface area (Å²) in [6, 6.07) is 3.10. The number of carbonyl (C=O) groups is 2. The van der Waals surface area contributed by atoms with Crippen molar-refractivity contribution in [2.45, 2.75) is 25.9 Å². The normalized spacial score (nSPS) is 18.4. The number of amides is 1. The molecule has 1 saturated heterocycles. The van der Waals surface area contributed by atoms with Gasteiger partial charge in [-0.15, -0.1) is 0 Å². The van der Waals surface area contributed by atoms with E-state index in [0.717, 1.165) is 31.8 Å². The Kier molecular flexibility index (Phi) is 5.52. The summed E-state index contributed by atoms with van der Waals surface area (Å²) in [5.41, 5.74) is 0.694. The van der Waals surface area contributed by atoms with Crippen LogP contribution in [-0.4, -0.2) is 59.5 Å². The van der Waals surface area contributed by atoms with Crippen LogP contribution in [0, 0.1) is 5.92 Å². The summed E-state index contributed by atoms with van der Waals surface area (Å²) in [7, 11) is 0. The highest BCUT2D eigenvalue weighted by Gasteiger charge is 2.18. The molecule has 1 aromatic rings. The van der Waals surface area contributed by atoms with Gasteiger partial charge in [0.05, 0.1) is 11.8 Å². The lowest BCUT2D eigenvalue weighted by molar-refractivity contribution is 0.0793. The fourth-order valence-corrected chi connectivity index (χ4v) is 2.53. The number of aldehydes is 1. The molecule has 0 radical (unpaired) electrons. The number of hydrogen-bond acceptors (Lipinski definition) is 4. The summed E-state index contributed by atoms with van der Waals surface area (Å²) in [5, 5.41) is 12.7.